The summed E-state index contributed by atoms with van der Waals surface area (Å²) >= 11 is 0. The highest BCUT2D eigenvalue weighted by atomic mass is 31.2. The van der Waals surface area contributed by atoms with Crippen molar-refractivity contribution in [1.82, 2.24) is 0 Å². The second kappa shape index (κ2) is 10.1. The first kappa shape index (κ1) is 20.2. The van der Waals surface area contributed by atoms with E-state index in [1.165, 1.54) is 19.3 Å². The average Bonchev–Trinajstić information content (AvgIpc) is 2.41. The van der Waals surface area contributed by atoms with E-state index in [0.717, 1.165) is 38.5 Å². The Morgan fingerprint density at radius 2 is 1.86 bits per heavy atom. The molecule has 1 fully saturated rings. The van der Waals surface area contributed by atoms with E-state index in [2.05, 4.69) is 20.8 Å². The molecule has 0 heterocycles. The van der Waals surface area contributed by atoms with E-state index >= 15 is 0 Å². The zero-order chi connectivity index (χ0) is 16.6. The molecule has 0 aromatic heterocycles. The first-order valence-electron chi connectivity index (χ1n) is 9.03. The van der Waals surface area contributed by atoms with Gasteiger partial charge in [0.1, 0.15) is 0 Å². The first-order valence-corrected chi connectivity index (χ1v) is 10.5. The second-order valence-corrected chi connectivity index (χ2v) is 8.49. The van der Waals surface area contributed by atoms with Crippen molar-refractivity contribution in [2.45, 2.75) is 97.7 Å². The van der Waals surface area contributed by atoms with Gasteiger partial charge in [0.25, 0.3) is 0 Å². The lowest BCUT2D eigenvalue weighted by atomic mass is 9.81. The summed E-state index contributed by atoms with van der Waals surface area (Å²) in [5, 5.41) is 0. The fourth-order valence-corrected chi connectivity index (χ4v) is 4.57. The van der Waals surface area contributed by atoms with Crippen molar-refractivity contribution in [2.75, 3.05) is 0 Å². The van der Waals surface area contributed by atoms with E-state index in [1.54, 1.807) is 0 Å². The Hall–Kier alpha value is 0.110. The molecule has 0 aromatic carbocycles. The van der Waals surface area contributed by atoms with Crippen molar-refractivity contribution < 1.29 is 18.5 Å². The summed E-state index contributed by atoms with van der Waals surface area (Å²) in [6.45, 7) is 8.37. The molecule has 4 nitrogen and oxygen atoms in total. The summed E-state index contributed by atoms with van der Waals surface area (Å²) in [6.07, 6.45) is 9.32. The van der Waals surface area contributed by atoms with Crippen LogP contribution in [0.5, 0.6) is 0 Å². The molecule has 0 radical (unpaired) electrons. The molecule has 0 amide bonds. The van der Waals surface area contributed by atoms with Crippen LogP contribution in [-0.4, -0.2) is 17.1 Å². The molecule has 132 valence electrons. The van der Waals surface area contributed by atoms with Crippen molar-refractivity contribution in [1.29, 1.82) is 0 Å². The molecule has 1 rings (SSSR count). The SMILES string of the molecule is CCCCCCCC(C)OP(=O)(O)OC1CCC(C)CC1C. The van der Waals surface area contributed by atoms with E-state index < -0.39 is 7.82 Å². The summed E-state index contributed by atoms with van der Waals surface area (Å²) in [4.78, 5) is 9.97. The largest absolute Gasteiger partial charge is 0.472 e. The van der Waals surface area contributed by atoms with Gasteiger partial charge in [0.15, 0.2) is 0 Å². The third-order valence-electron chi connectivity index (χ3n) is 4.65. The summed E-state index contributed by atoms with van der Waals surface area (Å²) in [6, 6.07) is 0. The average molecular weight is 334 g/mol. The van der Waals surface area contributed by atoms with Crippen LogP contribution in [-0.2, 0) is 13.6 Å². The number of hydrogen-bond acceptors (Lipinski definition) is 3. The van der Waals surface area contributed by atoms with Crippen LogP contribution in [0.15, 0.2) is 0 Å². The van der Waals surface area contributed by atoms with Gasteiger partial charge in [0.2, 0.25) is 0 Å². The minimum Gasteiger partial charge on any atom is -0.302 e. The molecule has 5 unspecified atom stereocenters. The Kier molecular flexibility index (Phi) is 9.23. The third kappa shape index (κ3) is 8.10. The summed E-state index contributed by atoms with van der Waals surface area (Å²) in [7, 11) is -3.94. The van der Waals surface area contributed by atoms with Crippen molar-refractivity contribution in [3.05, 3.63) is 0 Å². The standard InChI is InChI=1S/C17H35O4P/c1-5-6-7-8-9-10-16(4)20-22(18,19)21-17-12-11-14(2)13-15(17)3/h14-17H,5-13H2,1-4H3,(H,18,19). The zero-order valence-electron chi connectivity index (χ0n) is 14.8. The molecular weight excluding hydrogens is 299 g/mol. The van der Waals surface area contributed by atoms with E-state index in [0.29, 0.717) is 11.8 Å². The van der Waals surface area contributed by atoms with Gasteiger partial charge in [0.05, 0.1) is 12.2 Å². The summed E-state index contributed by atoms with van der Waals surface area (Å²) < 4.78 is 22.9. The minimum absolute atomic E-state index is 0.149. The van der Waals surface area contributed by atoms with Crippen LogP contribution in [0.3, 0.4) is 0 Å². The van der Waals surface area contributed by atoms with Gasteiger partial charge in [-0.15, -0.1) is 0 Å². The predicted octanol–water partition coefficient (Wildman–Crippen LogP) is 5.69. The quantitative estimate of drug-likeness (QED) is 0.411. The Labute approximate surface area is 136 Å². The number of phosphoric ester groups is 1. The molecule has 1 aliphatic carbocycles. The molecule has 1 N–H and O–H groups in total. The Bertz CT molecular complexity index is 348. The van der Waals surface area contributed by atoms with Crippen molar-refractivity contribution in [2.24, 2.45) is 11.8 Å². The monoisotopic (exact) mass is 334 g/mol. The molecular formula is C17H35O4P. The highest BCUT2D eigenvalue weighted by molar-refractivity contribution is 7.47. The van der Waals surface area contributed by atoms with Crippen LogP contribution in [0.2, 0.25) is 0 Å². The van der Waals surface area contributed by atoms with Gasteiger partial charge in [-0.25, -0.2) is 4.57 Å². The van der Waals surface area contributed by atoms with E-state index in [1.807, 2.05) is 6.92 Å². The number of hydrogen-bond donors (Lipinski definition) is 1. The van der Waals surface area contributed by atoms with Crippen molar-refractivity contribution in [3.63, 3.8) is 0 Å². The number of unbranched alkanes of at least 4 members (excludes halogenated alkanes) is 4. The third-order valence-corrected chi connectivity index (χ3v) is 5.81. The highest BCUT2D eigenvalue weighted by Gasteiger charge is 2.34. The van der Waals surface area contributed by atoms with Gasteiger partial charge in [-0.3, -0.25) is 9.05 Å². The Morgan fingerprint density at radius 1 is 1.18 bits per heavy atom. The maximum absolute atomic E-state index is 12.2. The molecule has 22 heavy (non-hydrogen) atoms. The lowest BCUT2D eigenvalue weighted by molar-refractivity contribution is 0.0274. The Balaban J connectivity index is 2.28. The molecule has 1 saturated carbocycles. The van der Waals surface area contributed by atoms with E-state index in [4.69, 9.17) is 9.05 Å². The molecule has 0 aromatic rings. The molecule has 0 bridgehead atoms. The van der Waals surface area contributed by atoms with Crippen LogP contribution < -0.4 is 0 Å². The molecule has 5 atom stereocenters. The maximum Gasteiger partial charge on any atom is 0.472 e. The lowest BCUT2D eigenvalue weighted by Crippen LogP contribution is -2.28. The van der Waals surface area contributed by atoms with Gasteiger partial charge in [-0.2, -0.15) is 0 Å². The number of rotatable bonds is 10. The Morgan fingerprint density at radius 3 is 2.50 bits per heavy atom. The number of phosphoric acid groups is 1. The van der Waals surface area contributed by atoms with Gasteiger partial charge in [-0.05, 0) is 44.4 Å². The molecule has 0 saturated heterocycles. The first-order chi connectivity index (χ1) is 10.3. The topological polar surface area (TPSA) is 55.8 Å². The van der Waals surface area contributed by atoms with Crippen LogP contribution in [0.1, 0.15) is 85.5 Å². The van der Waals surface area contributed by atoms with Crippen LogP contribution in [0.4, 0.5) is 0 Å². The van der Waals surface area contributed by atoms with Crippen LogP contribution in [0.25, 0.3) is 0 Å². The summed E-state index contributed by atoms with van der Waals surface area (Å²) in [5.41, 5.74) is 0. The zero-order valence-corrected chi connectivity index (χ0v) is 15.7. The molecule has 1 aliphatic rings. The van der Waals surface area contributed by atoms with Gasteiger partial charge in [0, 0.05) is 0 Å². The maximum atomic E-state index is 12.2. The fraction of sp³-hybridized carbons (Fsp3) is 1.00. The van der Waals surface area contributed by atoms with Crippen LogP contribution >= 0.6 is 7.82 Å². The second-order valence-electron chi connectivity index (χ2n) is 7.13. The normalized spacial score (nSPS) is 30.0. The van der Waals surface area contributed by atoms with Gasteiger partial charge < -0.3 is 4.89 Å². The van der Waals surface area contributed by atoms with Gasteiger partial charge >= 0.3 is 7.82 Å². The van der Waals surface area contributed by atoms with Crippen molar-refractivity contribution >= 4 is 7.82 Å². The van der Waals surface area contributed by atoms with Crippen molar-refractivity contribution in [3.8, 4) is 0 Å². The molecule has 0 spiro atoms. The molecule has 5 heteroatoms. The lowest BCUT2D eigenvalue weighted by Gasteiger charge is -2.33. The van der Waals surface area contributed by atoms with Crippen LogP contribution in [0, 0.1) is 11.8 Å². The summed E-state index contributed by atoms with van der Waals surface area (Å²) in [5.74, 6) is 0.994. The minimum atomic E-state index is -3.94. The van der Waals surface area contributed by atoms with E-state index in [-0.39, 0.29) is 12.2 Å². The van der Waals surface area contributed by atoms with Gasteiger partial charge in [-0.1, -0.05) is 52.9 Å². The smallest absolute Gasteiger partial charge is 0.302 e. The fourth-order valence-electron chi connectivity index (χ4n) is 3.31. The molecule has 0 aliphatic heterocycles. The van der Waals surface area contributed by atoms with E-state index in [9.17, 15) is 9.46 Å². The predicted molar refractivity (Wildman–Crippen MR) is 90.8 cm³/mol. The highest BCUT2D eigenvalue weighted by Crippen LogP contribution is 2.49.